The van der Waals surface area contributed by atoms with E-state index in [-0.39, 0.29) is 18.5 Å². The second-order valence-electron chi connectivity index (χ2n) is 3.70. The van der Waals surface area contributed by atoms with Gasteiger partial charge in [-0.15, -0.1) is 0 Å². The molecule has 0 amide bonds. The lowest BCUT2D eigenvalue weighted by Gasteiger charge is -2.22. The minimum absolute atomic E-state index is 0.0924. The van der Waals surface area contributed by atoms with Crippen LogP contribution in [0.25, 0.3) is 0 Å². The molecule has 4 heteroatoms. The molecule has 1 aliphatic heterocycles. The number of piperidine rings is 1. The van der Waals surface area contributed by atoms with Crippen LogP contribution in [-0.4, -0.2) is 31.6 Å². The first-order chi connectivity index (χ1) is 7.36. The number of thiophene rings is 1. The molecule has 1 saturated heterocycles. The number of Topliss-reactive ketones (excluding diaryl/α,β-unsaturated/α-hetero) is 1. The molecule has 0 unspecified atom stereocenters. The Kier molecular flexibility index (Phi) is 3.88. The topological polar surface area (TPSA) is 38.3 Å². The molecule has 1 fully saturated rings. The Morgan fingerprint density at radius 3 is 3.00 bits per heavy atom. The van der Waals surface area contributed by atoms with E-state index in [9.17, 15) is 4.79 Å². The van der Waals surface area contributed by atoms with E-state index >= 15 is 0 Å². The van der Waals surface area contributed by atoms with Gasteiger partial charge in [0.15, 0.2) is 5.78 Å². The van der Waals surface area contributed by atoms with Crippen molar-refractivity contribution in [1.29, 1.82) is 0 Å². The van der Waals surface area contributed by atoms with Gasteiger partial charge in [0.05, 0.1) is 6.10 Å². The maximum absolute atomic E-state index is 11.6. The summed E-state index contributed by atoms with van der Waals surface area (Å²) in [5, 5.41) is 7.05. The average molecular weight is 225 g/mol. The summed E-state index contributed by atoms with van der Waals surface area (Å²) in [4.78, 5) is 11.6. The van der Waals surface area contributed by atoms with E-state index in [2.05, 4.69) is 5.32 Å². The van der Waals surface area contributed by atoms with Crippen LogP contribution in [0.4, 0.5) is 0 Å². The van der Waals surface area contributed by atoms with Crippen molar-refractivity contribution in [3.63, 3.8) is 0 Å². The van der Waals surface area contributed by atoms with Gasteiger partial charge in [0, 0.05) is 10.9 Å². The van der Waals surface area contributed by atoms with Gasteiger partial charge < -0.3 is 10.1 Å². The van der Waals surface area contributed by atoms with E-state index in [0.29, 0.717) is 0 Å². The summed E-state index contributed by atoms with van der Waals surface area (Å²) in [5.41, 5.74) is 0.772. The number of rotatable bonds is 4. The Labute approximate surface area is 93.4 Å². The first kappa shape index (κ1) is 10.8. The number of hydrogen-bond donors (Lipinski definition) is 1. The summed E-state index contributed by atoms with van der Waals surface area (Å²) in [6, 6.07) is 1.85. The Morgan fingerprint density at radius 2 is 2.33 bits per heavy atom. The summed E-state index contributed by atoms with van der Waals surface area (Å²) < 4.78 is 5.58. The summed E-state index contributed by atoms with van der Waals surface area (Å²) in [6.45, 7) is 2.22. The Hall–Kier alpha value is -0.710. The molecular weight excluding hydrogens is 210 g/mol. The van der Waals surface area contributed by atoms with Gasteiger partial charge in [-0.3, -0.25) is 4.79 Å². The maximum atomic E-state index is 11.6. The molecule has 1 aromatic rings. The molecule has 0 aromatic carbocycles. The van der Waals surface area contributed by atoms with Gasteiger partial charge in [0.2, 0.25) is 0 Å². The van der Waals surface area contributed by atoms with Crippen molar-refractivity contribution in [2.24, 2.45) is 0 Å². The molecule has 0 bridgehead atoms. The van der Waals surface area contributed by atoms with Crippen LogP contribution in [0.1, 0.15) is 23.2 Å². The van der Waals surface area contributed by atoms with E-state index in [0.717, 1.165) is 31.5 Å². The molecule has 0 aliphatic carbocycles. The quantitative estimate of drug-likeness (QED) is 0.793. The van der Waals surface area contributed by atoms with Crippen LogP contribution in [-0.2, 0) is 4.74 Å². The van der Waals surface area contributed by atoms with Gasteiger partial charge in [-0.1, -0.05) is 0 Å². The van der Waals surface area contributed by atoms with Crippen LogP contribution in [0.5, 0.6) is 0 Å². The molecule has 82 valence electrons. The second-order valence-corrected chi connectivity index (χ2v) is 4.48. The lowest BCUT2D eigenvalue weighted by Crippen LogP contribution is -2.33. The third-order valence-corrected chi connectivity index (χ3v) is 3.26. The molecular formula is C11H15NO2S. The van der Waals surface area contributed by atoms with Crippen molar-refractivity contribution in [1.82, 2.24) is 5.32 Å². The maximum Gasteiger partial charge on any atom is 0.189 e. The van der Waals surface area contributed by atoms with Crippen molar-refractivity contribution < 1.29 is 9.53 Å². The molecule has 0 saturated carbocycles. The minimum atomic E-state index is 0.0924. The van der Waals surface area contributed by atoms with Crippen LogP contribution < -0.4 is 5.32 Å². The van der Waals surface area contributed by atoms with E-state index in [4.69, 9.17) is 4.74 Å². The molecule has 0 radical (unpaired) electrons. The Balaban J connectivity index is 1.75. The Morgan fingerprint density at radius 1 is 1.53 bits per heavy atom. The largest absolute Gasteiger partial charge is 0.370 e. The van der Waals surface area contributed by atoms with Crippen LogP contribution in [0.2, 0.25) is 0 Å². The summed E-state index contributed by atoms with van der Waals surface area (Å²) in [6.07, 6.45) is 2.28. The predicted molar refractivity (Wildman–Crippen MR) is 60.5 cm³/mol. The highest BCUT2D eigenvalue weighted by Crippen LogP contribution is 2.10. The van der Waals surface area contributed by atoms with Crippen molar-refractivity contribution in [2.45, 2.75) is 18.9 Å². The SMILES string of the molecule is O=C(COC1CCNCC1)c1ccsc1. The number of carbonyl (C=O) groups excluding carboxylic acids is 1. The van der Waals surface area contributed by atoms with Gasteiger partial charge >= 0.3 is 0 Å². The number of ether oxygens (including phenoxy) is 1. The zero-order chi connectivity index (χ0) is 10.5. The summed E-state index contributed by atoms with van der Waals surface area (Å²) >= 11 is 1.54. The first-order valence-corrected chi connectivity index (χ1v) is 6.18. The molecule has 2 heterocycles. The normalized spacial score (nSPS) is 17.9. The van der Waals surface area contributed by atoms with Crippen LogP contribution >= 0.6 is 11.3 Å². The van der Waals surface area contributed by atoms with E-state index < -0.39 is 0 Å². The predicted octanol–water partition coefficient (Wildman–Crippen LogP) is 1.70. The third kappa shape index (κ3) is 3.12. The standard InChI is InChI=1S/C11H15NO2S/c13-11(9-3-6-15-8-9)7-14-10-1-4-12-5-2-10/h3,6,8,10,12H,1-2,4-5,7H2. The minimum Gasteiger partial charge on any atom is -0.370 e. The van der Waals surface area contributed by atoms with Crippen LogP contribution in [0, 0.1) is 0 Å². The van der Waals surface area contributed by atoms with Crippen molar-refractivity contribution in [3.05, 3.63) is 22.4 Å². The van der Waals surface area contributed by atoms with Gasteiger partial charge in [0.1, 0.15) is 6.61 Å². The highest BCUT2D eigenvalue weighted by Gasteiger charge is 2.15. The van der Waals surface area contributed by atoms with E-state index in [1.54, 1.807) is 11.3 Å². The second kappa shape index (κ2) is 5.39. The first-order valence-electron chi connectivity index (χ1n) is 5.24. The van der Waals surface area contributed by atoms with Gasteiger partial charge in [0.25, 0.3) is 0 Å². The van der Waals surface area contributed by atoms with Crippen molar-refractivity contribution in [2.75, 3.05) is 19.7 Å². The zero-order valence-corrected chi connectivity index (χ0v) is 9.39. The molecule has 1 N–H and O–H groups in total. The third-order valence-electron chi connectivity index (χ3n) is 2.58. The highest BCUT2D eigenvalue weighted by molar-refractivity contribution is 7.08. The van der Waals surface area contributed by atoms with Crippen LogP contribution in [0.3, 0.4) is 0 Å². The Bertz CT molecular complexity index is 304. The molecule has 3 nitrogen and oxygen atoms in total. The fourth-order valence-electron chi connectivity index (χ4n) is 1.66. The lowest BCUT2D eigenvalue weighted by molar-refractivity contribution is 0.0318. The number of ketones is 1. The van der Waals surface area contributed by atoms with Gasteiger partial charge in [-0.2, -0.15) is 11.3 Å². The van der Waals surface area contributed by atoms with Crippen LogP contribution in [0.15, 0.2) is 16.8 Å². The van der Waals surface area contributed by atoms with Gasteiger partial charge in [-0.05, 0) is 37.4 Å². The highest BCUT2D eigenvalue weighted by atomic mass is 32.1. The molecule has 0 spiro atoms. The molecule has 2 rings (SSSR count). The molecule has 0 atom stereocenters. The van der Waals surface area contributed by atoms with Gasteiger partial charge in [-0.25, -0.2) is 0 Å². The van der Waals surface area contributed by atoms with Crippen molar-refractivity contribution >= 4 is 17.1 Å². The zero-order valence-electron chi connectivity index (χ0n) is 8.57. The van der Waals surface area contributed by atoms with E-state index in [1.807, 2.05) is 16.8 Å². The monoisotopic (exact) mass is 225 g/mol. The number of nitrogens with one attached hydrogen (secondary N) is 1. The van der Waals surface area contributed by atoms with Crippen molar-refractivity contribution in [3.8, 4) is 0 Å². The average Bonchev–Trinajstić information content (AvgIpc) is 2.81. The summed E-state index contributed by atoms with van der Waals surface area (Å²) in [5.74, 6) is 0.0924. The smallest absolute Gasteiger partial charge is 0.189 e. The molecule has 15 heavy (non-hydrogen) atoms. The number of hydrogen-bond acceptors (Lipinski definition) is 4. The summed E-state index contributed by atoms with van der Waals surface area (Å²) in [7, 11) is 0. The molecule has 1 aromatic heterocycles. The van der Waals surface area contributed by atoms with E-state index in [1.165, 1.54) is 0 Å². The fourth-order valence-corrected chi connectivity index (χ4v) is 2.32. The fraction of sp³-hybridized carbons (Fsp3) is 0.545. The number of carbonyl (C=O) groups is 1. The lowest BCUT2D eigenvalue weighted by atomic mass is 10.1. The molecule has 1 aliphatic rings.